The number of aliphatic hydroxyl groups is 6. The number of hydrogen-bond acceptors (Lipinski definition) is 25. The molecule has 33 nitrogen and oxygen atoms in total. The second-order valence-electron chi connectivity index (χ2n) is 25.9. The lowest BCUT2D eigenvalue weighted by Crippen LogP contribution is -2.65. The Labute approximate surface area is 590 Å². The zero-order valence-corrected chi connectivity index (χ0v) is 56.8. The highest BCUT2D eigenvalue weighted by Gasteiger charge is 2.52. The van der Waals surface area contributed by atoms with Gasteiger partial charge >= 0.3 is 5.97 Å². The third kappa shape index (κ3) is 15.7. The summed E-state index contributed by atoms with van der Waals surface area (Å²) in [7, 11) is 3.05. The van der Waals surface area contributed by atoms with Gasteiger partial charge in [0.25, 0.3) is 0 Å². The molecule has 7 aliphatic rings. The molecule has 10 unspecified atom stereocenters. The molecule has 0 radical (unpaired) electrons. The second-order valence-corrected chi connectivity index (χ2v) is 26.7. The first kappa shape index (κ1) is 75.5. The number of aliphatic carboxylic acids is 1. The molecule has 2 fully saturated rings. The number of rotatable bonds is 14. The average Bonchev–Trinajstić information content (AvgIpc) is 0.768. The number of phenols is 3. The van der Waals surface area contributed by atoms with E-state index in [4.69, 9.17) is 57.4 Å². The number of primary amides is 1. The summed E-state index contributed by atoms with van der Waals surface area (Å²) in [6, 6.07) is -0.563. The molecule has 548 valence electrons. The van der Waals surface area contributed by atoms with Crippen LogP contribution in [0.5, 0.6) is 46.0 Å². The normalized spacial score (nSPS) is 29.3. The summed E-state index contributed by atoms with van der Waals surface area (Å²) in [6.45, 7) is 5.90. The van der Waals surface area contributed by atoms with Gasteiger partial charge in [-0.1, -0.05) is 55.2 Å². The minimum atomic E-state index is -2.34. The van der Waals surface area contributed by atoms with Crippen molar-refractivity contribution in [2.24, 2.45) is 11.7 Å². The topological polar surface area (TPSA) is 517 Å². The molecule has 0 spiro atoms. The Morgan fingerprint density at radius 2 is 1.31 bits per heavy atom. The van der Waals surface area contributed by atoms with Gasteiger partial charge in [0.1, 0.15) is 89.5 Å². The highest BCUT2D eigenvalue weighted by molar-refractivity contribution is 6.32. The predicted octanol–water partition coefficient (Wildman–Crippen LogP) is 0.367. The van der Waals surface area contributed by atoms with Crippen molar-refractivity contribution in [2.45, 2.75) is 156 Å². The summed E-state index contributed by atoms with van der Waals surface area (Å²) in [5.74, 6) is -15.9. The minimum absolute atomic E-state index is 0.0957. The van der Waals surface area contributed by atoms with Crippen LogP contribution in [0.15, 0.2) is 78.9 Å². The quantitative estimate of drug-likeness (QED) is 0.0714. The summed E-state index contributed by atoms with van der Waals surface area (Å²) in [5.41, 5.74) is 1.84. The first-order valence-electron chi connectivity index (χ1n) is 32.1. The molecule has 2 saturated heterocycles. The van der Waals surface area contributed by atoms with E-state index in [2.05, 4.69) is 42.5 Å². The van der Waals surface area contributed by atoms with Crippen LogP contribution in [0.2, 0.25) is 10.0 Å². The number of carboxylic acids is 1. The van der Waals surface area contributed by atoms with Crippen LogP contribution in [0.25, 0.3) is 11.1 Å². The van der Waals surface area contributed by atoms with E-state index >= 15 is 14.4 Å². The van der Waals surface area contributed by atoms with E-state index in [-0.39, 0.29) is 52.0 Å². The van der Waals surface area contributed by atoms with Gasteiger partial charge in [-0.05, 0) is 117 Å². The van der Waals surface area contributed by atoms with Crippen LogP contribution >= 0.6 is 23.2 Å². The monoisotopic (exact) mass is 1460 g/mol. The Balaban J connectivity index is 1.24. The predicted molar refractivity (Wildman–Crippen MR) is 354 cm³/mol. The molecule has 12 rings (SSSR count). The smallest absolute Gasteiger partial charge is 0.330 e. The fourth-order valence-electron chi connectivity index (χ4n) is 12.7. The lowest BCUT2D eigenvalue weighted by Gasteiger charge is -2.48. The third-order valence-electron chi connectivity index (χ3n) is 18.3. The molecule has 7 heterocycles. The number of carbonyl (C=O) groups excluding carboxylic acids is 7. The summed E-state index contributed by atoms with van der Waals surface area (Å²) in [5, 5.41) is 134. The summed E-state index contributed by atoms with van der Waals surface area (Å²) in [6.07, 6.45) is -18.0. The molecule has 0 aliphatic carbocycles. The van der Waals surface area contributed by atoms with E-state index in [0.717, 1.165) is 66.7 Å². The number of fused-ring (bicyclic) bond motifs is 15. The van der Waals surface area contributed by atoms with Crippen molar-refractivity contribution in [1.82, 2.24) is 42.5 Å². The molecule has 5 aromatic rings. The van der Waals surface area contributed by atoms with Crippen molar-refractivity contribution in [2.75, 3.05) is 20.7 Å². The van der Waals surface area contributed by atoms with Crippen molar-refractivity contribution in [1.29, 1.82) is 0 Å². The van der Waals surface area contributed by atoms with Crippen molar-refractivity contribution in [3.8, 4) is 57.1 Å². The van der Waals surface area contributed by atoms with Gasteiger partial charge in [-0.25, -0.2) is 4.79 Å². The Kier molecular flexibility index (Phi) is 22.8. The number of carboxylic acid groups (broad SMARTS) is 1. The maximum absolute atomic E-state index is 16.0. The minimum Gasteiger partial charge on any atom is -0.508 e. The standard InChI is InChI=1S/C67H77Cl2N9O24/c1-24(2)13-35(71-5)59(89)77-50-52(84)27-8-11-39(33(68)15-27)98-41-17-29-18-42(56(41)102-66-57(55(87)54(86)43(23-79)100-66)101-45-22-67(4,72-6)58(88)25(3)97-45)99-40-12-9-28(16-34(40)69)53(85)51-64(94)76-49(65(95)96)32-19-30(80)20-38(82)46(32)31-14-26(7-10-37(31)81)47(61(91)78-51)75-62(92)48(29)74-60(90)36(21-44(70)83)73-63(50)93/h7-12,14-20,24-25,35-36,43,45,47-55,57-58,66,71-72,79-82,84-88H,13,21-23H2,1-6H3,(H2,70,83)(H,73,93)(H,74,90)(H,75,92)(H,76,94)(H,77,89)(H,78,91)(H,95,96)/t25?,35-,36+,43?,45?,47-,48-,49?,50-,51+,52-,53-,54?,55?,57?,58?,66?,67?/m1/s1. The molecule has 0 aromatic heterocycles. The van der Waals surface area contributed by atoms with Crippen LogP contribution in [0, 0.1) is 5.92 Å². The van der Waals surface area contributed by atoms with Crippen LogP contribution in [0.3, 0.4) is 0 Å². The lowest BCUT2D eigenvalue weighted by molar-refractivity contribution is -0.334. The molecular weight excluding hydrogens is 1390 g/mol. The van der Waals surface area contributed by atoms with Crippen LogP contribution in [-0.2, 0) is 52.6 Å². The Bertz CT molecular complexity index is 4100. The number of phenolic OH excluding ortho intramolecular Hbond substituents is 3. The van der Waals surface area contributed by atoms with Gasteiger partial charge in [0.2, 0.25) is 53.4 Å². The number of nitrogens with two attached hydrogens (primary N) is 1. The zero-order chi connectivity index (χ0) is 74.2. The first-order valence-corrected chi connectivity index (χ1v) is 32.8. The van der Waals surface area contributed by atoms with Gasteiger partial charge in [0.05, 0.1) is 41.3 Å². The summed E-state index contributed by atoms with van der Waals surface area (Å²) >= 11 is 14.1. The average molecular weight is 1460 g/mol. The number of likely N-dealkylation sites (N-methyl/N-ethyl adjacent to an activating group) is 2. The van der Waals surface area contributed by atoms with Crippen molar-refractivity contribution < 1.29 is 118 Å². The van der Waals surface area contributed by atoms with E-state index in [1.165, 1.54) is 19.2 Å². The maximum Gasteiger partial charge on any atom is 0.330 e. The molecule has 0 saturated carbocycles. The van der Waals surface area contributed by atoms with Crippen molar-refractivity contribution in [3.05, 3.63) is 117 Å². The van der Waals surface area contributed by atoms with Crippen LogP contribution in [0.4, 0.5) is 0 Å². The maximum atomic E-state index is 16.0. The number of aliphatic hydroxyl groups excluding tert-OH is 6. The summed E-state index contributed by atoms with van der Waals surface area (Å²) in [4.78, 5) is 117. The molecular formula is C67H77Cl2N9O24. The van der Waals surface area contributed by atoms with E-state index in [1.807, 2.05) is 13.8 Å². The van der Waals surface area contributed by atoms with Gasteiger partial charge in [-0.2, -0.15) is 0 Å². The number of aromatic hydroxyl groups is 3. The number of benzene rings is 5. The number of hydrogen-bond donors (Lipinski definition) is 19. The Morgan fingerprint density at radius 1 is 0.706 bits per heavy atom. The Morgan fingerprint density at radius 3 is 1.90 bits per heavy atom. The van der Waals surface area contributed by atoms with Gasteiger partial charge in [0, 0.05) is 34.7 Å². The molecule has 7 aliphatic heterocycles. The van der Waals surface area contributed by atoms with Crippen molar-refractivity contribution >= 4 is 70.5 Å². The number of ether oxygens (including phenoxy) is 6. The summed E-state index contributed by atoms with van der Waals surface area (Å²) < 4.78 is 38.6. The number of nitrogens with one attached hydrogen (secondary N) is 8. The first-order chi connectivity index (χ1) is 48.2. The van der Waals surface area contributed by atoms with Crippen LogP contribution in [-0.4, -0.2) is 198 Å². The van der Waals surface area contributed by atoms with Gasteiger partial charge < -0.3 is 128 Å². The highest BCUT2D eigenvalue weighted by Crippen LogP contribution is 2.50. The highest BCUT2D eigenvalue weighted by atomic mass is 35.5. The molecule has 102 heavy (non-hydrogen) atoms. The van der Waals surface area contributed by atoms with Crippen LogP contribution < -0.4 is 62.5 Å². The van der Waals surface area contributed by atoms with Crippen molar-refractivity contribution in [3.63, 3.8) is 0 Å². The largest absolute Gasteiger partial charge is 0.508 e. The third-order valence-corrected chi connectivity index (χ3v) is 18.9. The van der Waals surface area contributed by atoms with E-state index in [0.29, 0.717) is 0 Å². The number of amides is 7. The Hall–Kier alpha value is -9.20. The molecule has 5 aromatic carbocycles. The van der Waals surface area contributed by atoms with E-state index in [1.54, 1.807) is 20.9 Å². The molecule has 11 bridgehead atoms. The SMILES string of the molecule is CN[C@H](CC(C)C)C(=O)N[C@H]1C(=O)N[C@@H](CC(N)=O)C(=O)N[C@H]2C(=O)N[C@H]3C(=O)N[C@H](C(=O)NC(C(=O)O)c4cc(O)cc(O)c4-c4cc3ccc4O)[C@H](O)c3ccc(c(Cl)c3)Oc3cc2cc(c3OC2OC(CO)C(O)C(O)C2OC2CC(C)(NC)C(O)C(C)O2)Oc2ccc(cc2Cl)[C@H]1O. The number of halogens is 2. The molecule has 7 amide bonds. The molecule has 20 N–H and O–H groups in total. The molecule has 18 atom stereocenters. The lowest BCUT2D eigenvalue weighted by atomic mass is 9.85. The van der Waals surface area contributed by atoms with E-state index < -0.39 is 231 Å². The number of carbonyl (C=O) groups is 8. The van der Waals surface area contributed by atoms with Gasteiger partial charge in [-0.15, -0.1) is 0 Å². The second kappa shape index (κ2) is 30.8. The van der Waals surface area contributed by atoms with Gasteiger partial charge in [-0.3, -0.25) is 33.6 Å². The zero-order valence-electron chi connectivity index (χ0n) is 55.2. The van der Waals surface area contributed by atoms with Crippen LogP contribution in [0.1, 0.15) is 105 Å². The van der Waals surface area contributed by atoms with E-state index in [9.17, 15) is 75.0 Å². The molecule has 35 heteroatoms. The van der Waals surface area contributed by atoms with Gasteiger partial charge in [0.15, 0.2) is 29.9 Å². The fourth-order valence-corrected chi connectivity index (χ4v) is 13.2. The fraction of sp³-hybridized carbons (Fsp3) is 0.433.